The van der Waals surface area contributed by atoms with E-state index in [2.05, 4.69) is 43.1 Å². The summed E-state index contributed by atoms with van der Waals surface area (Å²) in [5, 5.41) is 0. The molecule has 0 unspecified atom stereocenters. The van der Waals surface area contributed by atoms with Crippen molar-refractivity contribution in [3.05, 3.63) is 65.5 Å². The van der Waals surface area contributed by atoms with Crippen LogP contribution in [0.5, 0.6) is 0 Å². The van der Waals surface area contributed by atoms with Gasteiger partial charge in [-0.3, -0.25) is 0 Å². The topological polar surface area (TPSA) is 26.0 Å². The molecule has 0 amide bonds. The van der Waals surface area contributed by atoms with E-state index < -0.39 is 0 Å². The molecule has 3 aromatic rings. The summed E-state index contributed by atoms with van der Waals surface area (Å²) < 4.78 is 5.65. The molecule has 0 bridgehead atoms. The van der Waals surface area contributed by atoms with Gasteiger partial charge in [0.1, 0.15) is 5.52 Å². The van der Waals surface area contributed by atoms with Crippen LogP contribution in [0.15, 0.2) is 52.9 Å². The molecule has 3 rings (SSSR count). The lowest BCUT2D eigenvalue weighted by molar-refractivity contribution is 0.590. The number of rotatable bonds is 3. The summed E-state index contributed by atoms with van der Waals surface area (Å²) in [7, 11) is 0. The van der Waals surface area contributed by atoms with E-state index in [9.17, 15) is 0 Å². The Bertz CT molecular complexity index is 702. The standard InChI is InChI=1S/C18H17NO/c1-13(2)15-10-7-14(8-11-15)9-12-18-19-16-5-3-4-6-17(16)20-18/h3-13H,1-2H3/b12-9+. The van der Waals surface area contributed by atoms with Crippen LogP contribution in [0.2, 0.25) is 0 Å². The van der Waals surface area contributed by atoms with Crippen molar-refractivity contribution in [3.8, 4) is 0 Å². The van der Waals surface area contributed by atoms with Crippen LogP contribution in [0.25, 0.3) is 23.3 Å². The molecule has 0 atom stereocenters. The first-order chi connectivity index (χ1) is 9.72. The predicted molar refractivity (Wildman–Crippen MR) is 83.5 cm³/mol. The van der Waals surface area contributed by atoms with Gasteiger partial charge in [-0.25, -0.2) is 4.98 Å². The maximum Gasteiger partial charge on any atom is 0.220 e. The Morgan fingerprint density at radius 1 is 0.950 bits per heavy atom. The largest absolute Gasteiger partial charge is 0.437 e. The molecule has 2 nitrogen and oxygen atoms in total. The van der Waals surface area contributed by atoms with E-state index in [0.717, 1.165) is 16.7 Å². The number of aromatic nitrogens is 1. The van der Waals surface area contributed by atoms with E-state index in [1.807, 2.05) is 36.4 Å². The minimum atomic E-state index is 0.560. The van der Waals surface area contributed by atoms with Gasteiger partial charge in [0.25, 0.3) is 0 Å². The molecule has 0 spiro atoms. The van der Waals surface area contributed by atoms with Gasteiger partial charge in [-0.2, -0.15) is 0 Å². The van der Waals surface area contributed by atoms with Crippen molar-refractivity contribution in [2.75, 3.05) is 0 Å². The molecular formula is C18H17NO. The molecule has 2 aromatic carbocycles. The number of fused-ring (bicyclic) bond motifs is 1. The summed E-state index contributed by atoms with van der Waals surface area (Å²) in [6.07, 6.45) is 3.93. The number of hydrogen-bond donors (Lipinski definition) is 0. The zero-order valence-corrected chi connectivity index (χ0v) is 11.7. The monoisotopic (exact) mass is 263 g/mol. The van der Waals surface area contributed by atoms with Gasteiger partial charge in [0, 0.05) is 6.08 Å². The second kappa shape index (κ2) is 5.33. The Morgan fingerprint density at radius 2 is 1.70 bits per heavy atom. The van der Waals surface area contributed by atoms with Gasteiger partial charge in [0.05, 0.1) is 0 Å². The van der Waals surface area contributed by atoms with Crippen LogP contribution >= 0.6 is 0 Å². The predicted octanol–water partition coefficient (Wildman–Crippen LogP) is 5.12. The number of hydrogen-bond acceptors (Lipinski definition) is 2. The van der Waals surface area contributed by atoms with Crippen LogP contribution in [0.3, 0.4) is 0 Å². The highest BCUT2D eigenvalue weighted by atomic mass is 16.3. The summed E-state index contributed by atoms with van der Waals surface area (Å²) in [5.41, 5.74) is 4.21. The van der Waals surface area contributed by atoms with Gasteiger partial charge in [-0.15, -0.1) is 0 Å². The molecule has 0 saturated heterocycles. The average molecular weight is 263 g/mol. The van der Waals surface area contributed by atoms with Crippen molar-refractivity contribution < 1.29 is 4.42 Å². The van der Waals surface area contributed by atoms with Crippen molar-refractivity contribution in [1.82, 2.24) is 4.98 Å². The maximum atomic E-state index is 5.65. The SMILES string of the molecule is CC(C)c1ccc(/C=C/c2nc3ccccc3o2)cc1. The number of para-hydroxylation sites is 2. The first kappa shape index (κ1) is 12.7. The minimum absolute atomic E-state index is 0.560. The fourth-order valence-corrected chi connectivity index (χ4v) is 2.12. The first-order valence-corrected chi connectivity index (χ1v) is 6.86. The van der Waals surface area contributed by atoms with E-state index in [1.54, 1.807) is 0 Å². The van der Waals surface area contributed by atoms with E-state index >= 15 is 0 Å². The second-order valence-corrected chi connectivity index (χ2v) is 5.17. The Kier molecular flexibility index (Phi) is 3.38. The molecule has 20 heavy (non-hydrogen) atoms. The lowest BCUT2D eigenvalue weighted by Gasteiger charge is -2.04. The number of benzene rings is 2. The molecule has 100 valence electrons. The molecule has 0 aliphatic heterocycles. The van der Waals surface area contributed by atoms with E-state index in [-0.39, 0.29) is 0 Å². The zero-order chi connectivity index (χ0) is 13.9. The summed E-state index contributed by atoms with van der Waals surface area (Å²) in [6.45, 7) is 4.40. The quantitative estimate of drug-likeness (QED) is 0.655. The summed E-state index contributed by atoms with van der Waals surface area (Å²) in [5.74, 6) is 1.20. The highest BCUT2D eigenvalue weighted by Crippen LogP contribution is 2.18. The molecule has 0 fully saturated rings. The van der Waals surface area contributed by atoms with Crippen molar-refractivity contribution >= 4 is 23.3 Å². The van der Waals surface area contributed by atoms with Gasteiger partial charge >= 0.3 is 0 Å². The highest BCUT2D eigenvalue weighted by Gasteiger charge is 2.01. The van der Waals surface area contributed by atoms with E-state index in [0.29, 0.717) is 11.8 Å². The third-order valence-electron chi connectivity index (χ3n) is 3.33. The lowest BCUT2D eigenvalue weighted by Crippen LogP contribution is -1.85. The first-order valence-electron chi connectivity index (χ1n) is 6.86. The van der Waals surface area contributed by atoms with Crippen LogP contribution in [-0.2, 0) is 0 Å². The Balaban J connectivity index is 1.82. The molecule has 0 aliphatic rings. The van der Waals surface area contributed by atoms with Crippen LogP contribution in [0.1, 0.15) is 36.8 Å². The molecule has 1 heterocycles. The van der Waals surface area contributed by atoms with Crippen molar-refractivity contribution in [1.29, 1.82) is 0 Å². The van der Waals surface area contributed by atoms with Crippen LogP contribution in [0, 0.1) is 0 Å². The fourth-order valence-electron chi connectivity index (χ4n) is 2.12. The van der Waals surface area contributed by atoms with E-state index in [1.165, 1.54) is 5.56 Å². The lowest BCUT2D eigenvalue weighted by atomic mass is 10.0. The minimum Gasteiger partial charge on any atom is -0.437 e. The summed E-state index contributed by atoms with van der Waals surface area (Å²) in [6, 6.07) is 16.4. The zero-order valence-electron chi connectivity index (χ0n) is 11.7. The van der Waals surface area contributed by atoms with E-state index in [4.69, 9.17) is 4.42 Å². The van der Waals surface area contributed by atoms with Gasteiger partial charge in [-0.1, -0.05) is 50.2 Å². The third-order valence-corrected chi connectivity index (χ3v) is 3.33. The van der Waals surface area contributed by atoms with Gasteiger partial charge in [0.2, 0.25) is 5.89 Å². The number of oxazole rings is 1. The highest BCUT2D eigenvalue weighted by molar-refractivity contribution is 5.75. The van der Waals surface area contributed by atoms with Crippen molar-refractivity contribution in [3.63, 3.8) is 0 Å². The van der Waals surface area contributed by atoms with Crippen molar-refractivity contribution in [2.24, 2.45) is 0 Å². The number of nitrogens with zero attached hydrogens (tertiary/aromatic N) is 1. The fraction of sp³-hybridized carbons (Fsp3) is 0.167. The molecule has 0 saturated carbocycles. The molecule has 0 radical (unpaired) electrons. The van der Waals surface area contributed by atoms with Crippen molar-refractivity contribution in [2.45, 2.75) is 19.8 Å². The second-order valence-electron chi connectivity index (χ2n) is 5.17. The summed E-state index contributed by atoms with van der Waals surface area (Å²) in [4.78, 5) is 4.42. The third kappa shape index (κ3) is 2.64. The van der Waals surface area contributed by atoms with Crippen LogP contribution in [0.4, 0.5) is 0 Å². The summed E-state index contributed by atoms with van der Waals surface area (Å²) >= 11 is 0. The molecule has 0 aliphatic carbocycles. The Hall–Kier alpha value is -2.35. The normalized spacial score (nSPS) is 11.8. The average Bonchev–Trinajstić information content (AvgIpc) is 2.88. The van der Waals surface area contributed by atoms with Gasteiger partial charge in [-0.05, 0) is 35.3 Å². The van der Waals surface area contributed by atoms with Crippen LogP contribution in [-0.4, -0.2) is 4.98 Å². The van der Waals surface area contributed by atoms with Gasteiger partial charge < -0.3 is 4.42 Å². The van der Waals surface area contributed by atoms with Crippen LogP contribution < -0.4 is 0 Å². The molecule has 2 heteroatoms. The maximum absolute atomic E-state index is 5.65. The molecule has 0 N–H and O–H groups in total. The molecule has 1 aromatic heterocycles. The Morgan fingerprint density at radius 3 is 2.40 bits per heavy atom. The van der Waals surface area contributed by atoms with Gasteiger partial charge in [0.15, 0.2) is 5.58 Å². The molecular weight excluding hydrogens is 246 g/mol. The Labute approximate surface area is 118 Å². The smallest absolute Gasteiger partial charge is 0.220 e.